The first kappa shape index (κ1) is 14.3. The first-order valence-electron chi connectivity index (χ1n) is 7.86. The van der Waals surface area contributed by atoms with Crippen LogP contribution in [-0.2, 0) is 5.41 Å². The third-order valence-electron chi connectivity index (χ3n) is 4.67. The van der Waals surface area contributed by atoms with E-state index >= 15 is 0 Å². The van der Waals surface area contributed by atoms with Crippen molar-refractivity contribution in [2.45, 2.75) is 50.4 Å². The molecule has 1 heterocycles. The van der Waals surface area contributed by atoms with Crippen molar-refractivity contribution in [1.29, 1.82) is 0 Å². The lowest BCUT2D eigenvalue weighted by Crippen LogP contribution is -2.36. The summed E-state index contributed by atoms with van der Waals surface area (Å²) in [5.41, 5.74) is 6.84. The first-order chi connectivity index (χ1) is 10.3. The van der Waals surface area contributed by atoms with Gasteiger partial charge in [-0.15, -0.1) is 0 Å². The van der Waals surface area contributed by atoms with Gasteiger partial charge in [0, 0.05) is 5.92 Å². The average molecular weight is 285 g/mol. The van der Waals surface area contributed by atoms with Crippen molar-refractivity contribution in [2.24, 2.45) is 5.73 Å². The highest BCUT2D eigenvalue weighted by molar-refractivity contribution is 5.35. The van der Waals surface area contributed by atoms with Gasteiger partial charge in [0.2, 0.25) is 5.89 Å². The highest BCUT2D eigenvalue weighted by atomic mass is 16.5. The van der Waals surface area contributed by atoms with Crippen molar-refractivity contribution in [3.05, 3.63) is 47.6 Å². The summed E-state index contributed by atoms with van der Waals surface area (Å²) in [6, 6.07) is 10.6. The maximum Gasteiger partial charge on any atom is 0.229 e. The van der Waals surface area contributed by atoms with E-state index in [9.17, 15) is 0 Å². The largest absolute Gasteiger partial charge is 0.339 e. The monoisotopic (exact) mass is 285 g/mol. The van der Waals surface area contributed by atoms with Gasteiger partial charge in [-0.3, -0.25) is 0 Å². The van der Waals surface area contributed by atoms with Crippen molar-refractivity contribution in [2.75, 3.05) is 6.54 Å². The summed E-state index contributed by atoms with van der Waals surface area (Å²) in [6.07, 6.45) is 5.42. The Morgan fingerprint density at radius 1 is 1.29 bits per heavy atom. The van der Waals surface area contributed by atoms with Gasteiger partial charge in [0.25, 0.3) is 0 Å². The van der Waals surface area contributed by atoms with Crippen LogP contribution in [0.2, 0.25) is 0 Å². The van der Waals surface area contributed by atoms with Crippen LogP contribution in [0, 0.1) is 0 Å². The van der Waals surface area contributed by atoms with Gasteiger partial charge in [-0.25, -0.2) is 0 Å². The molecule has 4 heteroatoms. The molecule has 4 nitrogen and oxygen atoms in total. The number of nitrogens with two attached hydrogens (primary N) is 1. The van der Waals surface area contributed by atoms with Gasteiger partial charge in [-0.1, -0.05) is 48.8 Å². The molecule has 2 N–H and O–H groups in total. The summed E-state index contributed by atoms with van der Waals surface area (Å²) >= 11 is 0. The molecule has 3 rings (SSSR count). The molecule has 1 aromatic carbocycles. The quantitative estimate of drug-likeness (QED) is 0.883. The molecule has 1 atom stereocenters. The molecule has 0 aliphatic heterocycles. The lowest BCUT2D eigenvalue weighted by Gasteiger charge is -2.39. The Labute approximate surface area is 125 Å². The smallest absolute Gasteiger partial charge is 0.229 e. The third kappa shape index (κ3) is 2.60. The van der Waals surface area contributed by atoms with Crippen LogP contribution in [0.5, 0.6) is 0 Å². The fourth-order valence-electron chi connectivity index (χ4n) is 3.11. The standard InChI is InChI=1S/C17H23N3O/c1-13(7-5-12-18)15-19-16(20-21-15)17(10-6-11-17)14-8-3-2-4-9-14/h2-4,8-9,13H,5-7,10-12,18H2,1H3. The van der Waals surface area contributed by atoms with Crippen molar-refractivity contribution < 1.29 is 4.52 Å². The minimum absolute atomic E-state index is 0.0312. The van der Waals surface area contributed by atoms with Crippen LogP contribution in [-0.4, -0.2) is 16.7 Å². The molecule has 1 unspecified atom stereocenters. The third-order valence-corrected chi connectivity index (χ3v) is 4.67. The van der Waals surface area contributed by atoms with E-state index in [0.29, 0.717) is 6.54 Å². The van der Waals surface area contributed by atoms with E-state index in [1.54, 1.807) is 0 Å². The lowest BCUT2D eigenvalue weighted by molar-refractivity contribution is 0.269. The molecule has 2 aromatic rings. The molecule has 1 saturated carbocycles. The molecule has 21 heavy (non-hydrogen) atoms. The zero-order chi connectivity index (χ0) is 14.7. The average Bonchev–Trinajstić information content (AvgIpc) is 2.95. The van der Waals surface area contributed by atoms with Gasteiger partial charge in [0.15, 0.2) is 5.82 Å². The van der Waals surface area contributed by atoms with E-state index in [1.807, 2.05) is 6.07 Å². The zero-order valence-corrected chi connectivity index (χ0v) is 12.6. The van der Waals surface area contributed by atoms with Crippen LogP contribution in [0.15, 0.2) is 34.9 Å². The summed E-state index contributed by atoms with van der Waals surface area (Å²) in [7, 11) is 0. The number of hydrogen-bond acceptors (Lipinski definition) is 4. The van der Waals surface area contributed by atoms with Gasteiger partial charge >= 0.3 is 0 Å². The lowest BCUT2D eigenvalue weighted by atomic mass is 9.64. The van der Waals surface area contributed by atoms with Crippen LogP contribution in [0.4, 0.5) is 0 Å². The molecule has 1 aromatic heterocycles. The maximum atomic E-state index is 5.57. The number of hydrogen-bond donors (Lipinski definition) is 1. The van der Waals surface area contributed by atoms with Crippen molar-refractivity contribution in [3.8, 4) is 0 Å². The second-order valence-electron chi connectivity index (χ2n) is 6.09. The van der Waals surface area contributed by atoms with Crippen LogP contribution in [0.1, 0.15) is 62.2 Å². The number of aromatic nitrogens is 2. The Morgan fingerprint density at radius 3 is 2.67 bits per heavy atom. The van der Waals surface area contributed by atoms with E-state index in [-0.39, 0.29) is 11.3 Å². The first-order valence-corrected chi connectivity index (χ1v) is 7.86. The van der Waals surface area contributed by atoms with Crippen molar-refractivity contribution >= 4 is 0 Å². The van der Waals surface area contributed by atoms with Crippen molar-refractivity contribution in [3.63, 3.8) is 0 Å². The summed E-state index contributed by atoms with van der Waals surface area (Å²) in [5.74, 6) is 1.89. The fraction of sp³-hybridized carbons (Fsp3) is 0.529. The van der Waals surface area contributed by atoms with Gasteiger partial charge in [-0.05, 0) is 37.8 Å². The van der Waals surface area contributed by atoms with E-state index in [0.717, 1.165) is 37.4 Å². The second kappa shape index (κ2) is 5.98. The molecule has 0 bridgehead atoms. The molecular weight excluding hydrogens is 262 g/mol. The highest BCUT2D eigenvalue weighted by Crippen LogP contribution is 2.47. The zero-order valence-electron chi connectivity index (χ0n) is 12.6. The number of rotatable bonds is 6. The fourth-order valence-corrected chi connectivity index (χ4v) is 3.11. The van der Waals surface area contributed by atoms with Gasteiger partial charge in [0.05, 0.1) is 5.41 Å². The molecule has 0 spiro atoms. The van der Waals surface area contributed by atoms with E-state index in [2.05, 4.69) is 36.3 Å². The predicted octanol–water partition coefficient (Wildman–Crippen LogP) is 3.38. The maximum absolute atomic E-state index is 5.57. The molecule has 0 amide bonds. The van der Waals surface area contributed by atoms with E-state index in [4.69, 9.17) is 15.2 Å². The number of benzene rings is 1. The Morgan fingerprint density at radius 2 is 2.05 bits per heavy atom. The summed E-state index contributed by atoms with van der Waals surface area (Å²) in [5, 5.41) is 4.30. The Kier molecular flexibility index (Phi) is 4.06. The second-order valence-corrected chi connectivity index (χ2v) is 6.09. The SMILES string of the molecule is CC(CCCN)c1nc(C2(c3ccccc3)CCC2)no1. The van der Waals surface area contributed by atoms with Crippen LogP contribution >= 0.6 is 0 Å². The van der Waals surface area contributed by atoms with Gasteiger partial charge < -0.3 is 10.3 Å². The molecular formula is C17H23N3O. The van der Waals surface area contributed by atoms with Gasteiger partial charge in [0.1, 0.15) is 0 Å². The minimum atomic E-state index is -0.0312. The summed E-state index contributed by atoms with van der Waals surface area (Å²) in [6.45, 7) is 2.84. The van der Waals surface area contributed by atoms with Crippen LogP contribution in [0.3, 0.4) is 0 Å². The number of nitrogens with zero attached hydrogens (tertiary/aromatic N) is 2. The van der Waals surface area contributed by atoms with Gasteiger partial charge in [-0.2, -0.15) is 4.98 Å². The molecule has 1 aliphatic carbocycles. The van der Waals surface area contributed by atoms with Crippen LogP contribution in [0.25, 0.3) is 0 Å². The van der Waals surface area contributed by atoms with Crippen molar-refractivity contribution in [1.82, 2.24) is 10.1 Å². The van der Waals surface area contributed by atoms with E-state index < -0.39 is 0 Å². The minimum Gasteiger partial charge on any atom is -0.339 e. The molecule has 112 valence electrons. The Hall–Kier alpha value is -1.68. The summed E-state index contributed by atoms with van der Waals surface area (Å²) in [4.78, 5) is 4.72. The molecule has 0 radical (unpaired) electrons. The normalized spacial score (nSPS) is 18.2. The molecule has 1 aliphatic rings. The molecule has 1 fully saturated rings. The Bertz CT molecular complexity index is 575. The van der Waals surface area contributed by atoms with E-state index in [1.165, 1.54) is 12.0 Å². The summed E-state index contributed by atoms with van der Waals surface area (Å²) < 4.78 is 5.52. The highest BCUT2D eigenvalue weighted by Gasteiger charge is 2.44. The van der Waals surface area contributed by atoms with Crippen LogP contribution < -0.4 is 5.73 Å². The topological polar surface area (TPSA) is 64.9 Å². The Balaban J connectivity index is 1.84. The molecule has 0 saturated heterocycles. The predicted molar refractivity (Wildman–Crippen MR) is 82.1 cm³/mol.